The highest BCUT2D eigenvalue weighted by molar-refractivity contribution is 5.76. The van der Waals surface area contributed by atoms with Crippen LogP contribution in [0.15, 0.2) is 4.42 Å². The van der Waals surface area contributed by atoms with Crippen LogP contribution in [0.25, 0.3) is 0 Å². The molecule has 23 heavy (non-hydrogen) atoms. The molecular weight excluding hydrogens is 290 g/mol. The highest BCUT2D eigenvalue weighted by atomic mass is 16.4. The molecule has 0 unspecified atom stereocenters. The minimum atomic E-state index is 0.140. The Hall–Kier alpha value is -1.39. The number of hydrogen-bond donors (Lipinski definition) is 1. The fourth-order valence-electron chi connectivity index (χ4n) is 5.33. The Labute approximate surface area is 137 Å². The minimum Gasteiger partial charge on any atom is -0.425 e. The average molecular weight is 317 g/mol. The molecule has 1 heterocycles. The molecule has 1 aromatic heterocycles. The molecule has 5 heteroatoms. The van der Waals surface area contributed by atoms with Gasteiger partial charge in [0.25, 0.3) is 0 Å². The summed E-state index contributed by atoms with van der Waals surface area (Å²) in [7, 11) is 0. The molecular formula is C18H27N3O2. The van der Waals surface area contributed by atoms with Gasteiger partial charge in [0.05, 0.1) is 0 Å². The van der Waals surface area contributed by atoms with Crippen LogP contribution in [0.4, 0.5) is 0 Å². The van der Waals surface area contributed by atoms with E-state index in [1.54, 1.807) is 0 Å². The predicted molar refractivity (Wildman–Crippen MR) is 85.7 cm³/mol. The summed E-state index contributed by atoms with van der Waals surface area (Å²) in [5, 5.41) is 11.3. The highest BCUT2D eigenvalue weighted by Gasteiger charge is 2.53. The maximum Gasteiger partial charge on any atom is 0.220 e. The molecule has 5 atom stereocenters. The van der Waals surface area contributed by atoms with Crippen molar-refractivity contribution < 1.29 is 9.21 Å². The quantitative estimate of drug-likeness (QED) is 0.906. The molecule has 1 N–H and O–H groups in total. The van der Waals surface area contributed by atoms with Gasteiger partial charge in [-0.15, -0.1) is 10.2 Å². The van der Waals surface area contributed by atoms with Gasteiger partial charge in [0.1, 0.15) is 0 Å². The Balaban J connectivity index is 1.27. The molecule has 5 nitrogen and oxygen atoms in total. The number of nitrogens with one attached hydrogen (secondary N) is 1. The monoisotopic (exact) mass is 317 g/mol. The molecule has 0 radical (unpaired) electrons. The van der Waals surface area contributed by atoms with Crippen LogP contribution in [0.2, 0.25) is 0 Å². The Kier molecular flexibility index (Phi) is 3.90. The number of carbonyl (C=O) groups is 1. The summed E-state index contributed by atoms with van der Waals surface area (Å²) in [6, 6.07) is 0.417. The summed E-state index contributed by atoms with van der Waals surface area (Å²) < 4.78 is 5.57. The van der Waals surface area contributed by atoms with Crippen molar-refractivity contribution in [2.45, 2.75) is 70.8 Å². The Bertz CT molecular complexity index is 583. The average Bonchev–Trinajstić information content (AvgIpc) is 3.25. The van der Waals surface area contributed by atoms with Gasteiger partial charge in [-0.1, -0.05) is 20.3 Å². The van der Waals surface area contributed by atoms with E-state index < -0.39 is 0 Å². The van der Waals surface area contributed by atoms with E-state index in [4.69, 9.17) is 4.42 Å². The van der Waals surface area contributed by atoms with Crippen molar-refractivity contribution in [3.05, 3.63) is 11.8 Å². The largest absolute Gasteiger partial charge is 0.425 e. The van der Waals surface area contributed by atoms with Crippen LogP contribution in [-0.2, 0) is 11.2 Å². The van der Waals surface area contributed by atoms with Crippen molar-refractivity contribution in [3.63, 3.8) is 0 Å². The zero-order valence-corrected chi connectivity index (χ0v) is 14.1. The lowest BCUT2D eigenvalue weighted by atomic mass is 9.79. The molecule has 4 rings (SSSR count). The highest BCUT2D eigenvalue weighted by Crippen LogP contribution is 2.58. The minimum absolute atomic E-state index is 0.140. The van der Waals surface area contributed by atoms with Gasteiger partial charge in [-0.3, -0.25) is 4.79 Å². The molecule has 0 aliphatic heterocycles. The second kappa shape index (κ2) is 5.91. The molecule has 126 valence electrons. The van der Waals surface area contributed by atoms with E-state index in [0.29, 0.717) is 30.7 Å². The first-order valence-electron chi connectivity index (χ1n) is 9.23. The van der Waals surface area contributed by atoms with Gasteiger partial charge in [0.15, 0.2) is 0 Å². The Morgan fingerprint density at radius 2 is 2.04 bits per heavy atom. The number of aryl methyl sites for hydroxylation is 1. The van der Waals surface area contributed by atoms with E-state index >= 15 is 0 Å². The van der Waals surface area contributed by atoms with Gasteiger partial charge in [-0.2, -0.15) is 0 Å². The molecule has 1 amide bonds. The van der Waals surface area contributed by atoms with E-state index in [-0.39, 0.29) is 11.8 Å². The van der Waals surface area contributed by atoms with E-state index in [1.807, 2.05) is 13.8 Å². The van der Waals surface area contributed by atoms with Gasteiger partial charge in [-0.05, 0) is 49.4 Å². The van der Waals surface area contributed by atoms with E-state index in [9.17, 15) is 4.79 Å². The first-order valence-corrected chi connectivity index (χ1v) is 9.23. The van der Waals surface area contributed by atoms with Crippen molar-refractivity contribution in [2.24, 2.45) is 23.7 Å². The van der Waals surface area contributed by atoms with Crippen molar-refractivity contribution in [3.8, 4) is 0 Å². The smallest absolute Gasteiger partial charge is 0.220 e. The number of fused-ring (bicyclic) bond motifs is 5. The first kappa shape index (κ1) is 15.2. The summed E-state index contributed by atoms with van der Waals surface area (Å²) in [4.78, 5) is 12.3. The van der Waals surface area contributed by atoms with Crippen LogP contribution >= 0.6 is 0 Å². The molecule has 0 spiro atoms. The third kappa shape index (κ3) is 2.79. The van der Waals surface area contributed by atoms with Crippen LogP contribution in [-0.4, -0.2) is 22.1 Å². The fourth-order valence-corrected chi connectivity index (χ4v) is 5.33. The van der Waals surface area contributed by atoms with Gasteiger partial charge < -0.3 is 9.73 Å². The number of amides is 1. The summed E-state index contributed by atoms with van der Waals surface area (Å²) in [5.74, 6) is 5.09. The predicted octanol–water partition coefficient (Wildman–Crippen LogP) is 3.07. The van der Waals surface area contributed by atoms with Crippen LogP contribution in [0.1, 0.15) is 70.1 Å². The topological polar surface area (TPSA) is 68.0 Å². The molecule has 0 saturated heterocycles. The zero-order valence-electron chi connectivity index (χ0n) is 14.1. The second-order valence-corrected chi connectivity index (χ2v) is 8.02. The maximum atomic E-state index is 12.3. The molecule has 1 aromatic rings. The number of nitrogens with zero attached hydrogens (tertiary/aromatic N) is 2. The maximum absolute atomic E-state index is 12.3. The molecule has 3 saturated carbocycles. The second-order valence-electron chi connectivity index (χ2n) is 8.02. The molecule has 3 aliphatic rings. The number of rotatable bonds is 5. The number of carbonyl (C=O) groups excluding carboxylic acids is 1. The standard InChI is InChI=1S/C18H27N3O2/c1-10(2)18-21-20-17(23-18)7-6-16(22)19-15-9-11-8-14(15)13-5-3-4-12(11)13/h10-15H,3-9H2,1-2H3,(H,19,22)/t11-,12+,13+,14+,15-/m1/s1. The van der Waals surface area contributed by atoms with Crippen LogP contribution in [0.5, 0.6) is 0 Å². The Morgan fingerprint density at radius 3 is 2.83 bits per heavy atom. The van der Waals surface area contributed by atoms with Gasteiger partial charge in [-0.25, -0.2) is 0 Å². The van der Waals surface area contributed by atoms with Crippen molar-refractivity contribution in [2.75, 3.05) is 0 Å². The molecule has 3 fully saturated rings. The van der Waals surface area contributed by atoms with Crippen LogP contribution in [0.3, 0.4) is 0 Å². The number of aromatic nitrogens is 2. The fraction of sp³-hybridized carbons (Fsp3) is 0.833. The van der Waals surface area contributed by atoms with Gasteiger partial charge >= 0.3 is 0 Å². The van der Waals surface area contributed by atoms with Crippen molar-refractivity contribution in [1.82, 2.24) is 15.5 Å². The van der Waals surface area contributed by atoms with Crippen molar-refractivity contribution >= 4 is 5.91 Å². The first-order chi connectivity index (χ1) is 11.1. The van der Waals surface area contributed by atoms with Crippen molar-refractivity contribution in [1.29, 1.82) is 0 Å². The van der Waals surface area contributed by atoms with E-state index in [1.165, 1.54) is 32.1 Å². The SMILES string of the molecule is CC(C)c1nnc(CCC(=O)N[C@@H]2C[C@H]3C[C@H]2[C@H]2CCC[C@@H]32)o1. The van der Waals surface area contributed by atoms with Gasteiger partial charge in [0, 0.05) is 24.8 Å². The van der Waals surface area contributed by atoms with Crippen LogP contribution in [0, 0.1) is 23.7 Å². The Morgan fingerprint density at radius 1 is 1.22 bits per heavy atom. The third-order valence-corrected chi connectivity index (χ3v) is 6.32. The van der Waals surface area contributed by atoms with Crippen LogP contribution < -0.4 is 5.32 Å². The third-order valence-electron chi connectivity index (χ3n) is 6.32. The van der Waals surface area contributed by atoms with E-state index in [2.05, 4.69) is 15.5 Å². The zero-order chi connectivity index (χ0) is 16.0. The van der Waals surface area contributed by atoms with E-state index in [0.717, 1.165) is 23.7 Å². The summed E-state index contributed by atoms with van der Waals surface area (Å²) in [5.41, 5.74) is 0. The number of hydrogen-bond acceptors (Lipinski definition) is 4. The summed E-state index contributed by atoms with van der Waals surface area (Å²) in [6.45, 7) is 4.05. The molecule has 0 aromatic carbocycles. The molecule has 2 bridgehead atoms. The van der Waals surface area contributed by atoms with Gasteiger partial charge in [0.2, 0.25) is 17.7 Å². The lowest BCUT2D eigenvalue weighted by Gasteiger charge is -2.32. The lowest BCUT2D eigenvalue weighted by molar-refractivity contribution is -0.122. The lowest BCUT2D eigenvalue weighted by Crippen LogP contribution is -2.42. The normalized spacial score (nSPS) is 35.0. The summed E-state index contributed by atoms with van der Waals surface area (Å²) >= 11 is 0. The summed E-state index contributed by atoms with van der Waals surface area (Å²) in [6.07, 6.45) is 7.76. The molecule has 3 aliphatic carbocycles.